The van der Waals surface area contributed by atoms with E-state index in [0.29, 0.717) is 14.9 Å². The second-order valence-electron chi connectivity index (χ2n) is 13.0. The minimum atomic E-state index is 0.467. The van der Waals surface area contributed by atoms with E-state index in [1.807, 2.05) is 5.57 Å². The Morgan fingerprint density at radius 3 is 2.42 bits per heavy atom. The van der Waals surface area contributed by atoms with E-state index in [2.05, 4.69) is 64.2 Å². The van der Waals surface area contributed by atoms with Crippen LogP contribution in [0.1, 0.15) is 105 Å². The van der Waals surface area contributed by atoms with Crippen molar-refractivity contribution in [3.05, 3.63) is 11.6 Å². The maximum Gasteiger partial charge on any atom is 0.0795 e. The molecule has 0 N–H and O–H groups in total. The van der Waals surface area contributed by atoms with Crippen LogP contribution in [-0.2, 0) is 0 Å². The largest absolute Gasteiger partial charge is 0.139 e. The van der Waals surface area contributed by atoms with Gasteiger partial charge in [-0.15, -0.1) is 23.5 Å². The first-order valence-electron chi connectivity index (χ1n) is 13.8. The minimum Gasteiger partial charge on any atom is -0.139 e. The quantitative estimate of drug-likeness (QED) is 0.375. The van der Waals surface area contributed by atoms with Gasteiger partial charge in [0.15, 0.2) is 0 Å². The molecule has 1 spiro atoms. The molecule has 5 aliphatic rings. The Hall–Kier alpha value is 0.440. The first-order chi connectivity index (χ1) is 14.8. The van der Waals surface area contributed by atoms with Gasteiger partial charge in [-0.25, -0.2) is 0 Å². The molecule has 0 aromatic carbocycles. The first-order valence-corrected chi connectivity index (χ1v) is 15.7. The Labute approximate surface area is 201 Å². The molecule has 0 amide bonds. The fraction of sp³-hybridized carbons (Fsp3) is 0.931. The highest BCUT2D eigenvalue weighted by atomic mass is 32.2. The van der Waals surface area contributed by atoms with Crippen LogP contribution < -0.4 is 0 Å². The smallest absolute Gasteiger partial charge is 0.0795 e. The van der Waals surface area contributed by atoms with Crippen molar-refractivity contribution < 1.29 is 0 Å². The fourth-order valence-electron chi connectivity index (χ4n) is 9.40. The maximum atomic E-state index is 2.82. The predicted octanol–water partition coefficient (Wildman–Crippen LogP) is 9.20. The van der Waals surface area contributed by atoms with Crippen molar-refractivity contribution in [3.63, 3.8) is 0 Å². The second kappa shape index (κ2) is 8.58. The van der Waals surface area contributed by atoms with Crippen molar-refractivity contribution >= 4 is 23.5 Å². The standard InChI is InChI=1S/C29H48S2/c1-20(2)7-6-8-21(3)24-11-12-25-23-10-9-22-19-29(30-17-18-31-29)16-15-27(22,4)26(23)13-14-28(24,25)5/h19-21,23-26H,6-18H2,1-5H3/t21-,23+,24-,25+,26+,27+,28-/m1/s1. The Morgan fingerprint density at radius 2 is 1.68 bits per heavy atom. The monoisotopic (exact) mass is 460 g/mol. The average molecular weight is 461 g/mol. The van der Waals surface area contributed by atoms with Crippen molar-refractivity contribution in [3.8, 4) is 0 Å². The van der Waals surface area contributed by atoms with Crippen LogP contribution in [0, 0.1) is 46.3 Å². The zero-order valence-corrected chi connectivity index (χ0v) is 22.7. The zero-order valence-electron chi connectivity index (χ0n) is 21.1. The van der Waals surface area contributed by atoms with Crippen molar-refractivity contribution in [1.82, 2.24) is 0 Å². The summed E-state index contributed by atoms with van der Waals surface area (Å²) in [6, 6.07) is 0. The number of allylic oxidation sites excluding steroid dienone is 1. The molecular weight excluding hydrogens is 412 g/mol. The fourth-order valence-corrected chi connectivity index (χ4v) is 12.5. The molecule has 0 nitrogen and oxygen atoms in total. The second-order valence-corrected chi connectivity index (χ2v) is 16.2. The summed E-state index contributed by atoms with van der Waals surface area (Å²) in [4.78, 5) is 0. The van der Waals surface area contributed by atoms with E-state index in [0.717, 1.165) is 35.5 Å². The van der Waals surface area contributed by atoms with Crippen LogP contribution in [0.25, 0.3) is 0 Å². The Balaban J connectivity index is 1.31. The van der Waals surface area contributed by atoms with E-state index in [1.165, 1.54) is 75.7 Å². The Morgan fingerprint density at radius 1 is 0.903 bits per heavy atom. The summed E-state index contributed by atoms with van der Waals surface area (Å²) in [7, 11) is 0. The predicted molar refractivity (Wildman–Crippen MR) is 141 cm³/mol. The summed E-state index contributed by atoms with van der Waals surface area (Å²) in [5.41, 5.74) is 3.06. The summed E-state index contributed by atoms with van der Waals surface area (Å²) in [6.45, 7) is 12.9. The van der Waals surface area contributed by atoms with E-state index < -0.39 is 0 Å². The third-order valence-corrected chi connectivity index (χ3v) is 14.5. The number of rotatable bonds is 5. The molecule has 4 aliphatic carbocycles. The highest BCUT2D eigenvalue weighted by Gasteiger charge is 2.60. The molecule has 1 saturated heterocycles. The lowest BCUT2D eigenvalue weighted by Gasteiger charge is -2.59. The molecule has 0 aromatic rings. The first kappa shape index (κ1) is 23.2. The van der Waals surface area contributed by atoms with Gasteiger partial charge in [-0.2, -0.15) is 0 Å². The van der Waals surface area contributed by atoms with Crippen LogP contribution in [0.4, 0.5) is 0 Å². The van der Waals surface area contributed by atoms with Crippen LogP contribution in [0.15, 0.2) is 11.6 Å². The van der Waals surface area contributed by atoms with E-state index in [1.54, 1.807) is 6.42 Å². The highest BCUT2D eigenvalue weighted by Crippen LogP contribution is 2.69. The molecule has 31 heavy (non-hydrogen) atoms. The summed E-state index contributed by atoms with van der Waals surface area (Å²) in [5.74, 6) is 8.56. The van der Waals surface area contributed by atoms with Crippen molar-refractivity contribution in [2.45, 2.75) is 109 Å². The lowest BCUT2D eigenvalue weighted by Crippen LogP contribution is -2.51. The van der Waals surface area contributed by atoms with Gasteiger partial charge in [0, 0.05) is 11.5 Å². The molecule has 1 aliphatic heterocycles. The van der Waals surface area contributed by atoms with Gasteiger partial charge in [0.1, 0.15) is 0 Å². The maximum absolute atomic E-state index is 2.82. The third-order valence-electron chi connectivity index (χ3n) is 11.1. The molecular formula is C29H48S2. The summed E-state index contributed by atoms with van der Waals surface area (Å²) in [5, 5.41) is 0. The summed E-state index contributed by atoms with van der Waals surface area (Å²) in [6.07, 6.45) is 19.1. The van der Waals surface area contributed by atoms with Gasteiger partial charge in [0.25, 0.3) is 0 Å². The molecule has 2 heteroatoms. The zero-order chi connectivity index (χ0) is 21.9. The number of hydrogen-bond acceptors (Lipinski definition) is 2. The minimum absolute atomic E-state index is 0.467. The van der Waals surface area contributed by atoms with Crippen LogP contribution in [-0.4, -0.2) is 15.6 Å². The number of thioether (sulfide) groups is 2. The van der Waals surface area contributed by atoms with Gasteiger partial charge < -0.3 is 0 Å². The van der Waals surface area contributed by atoms with Crippen molar-refractivity contribution in [2.24, 2.45) is 46.3 Å². The lowest BCUT2D eigenvalue weighted by molar-refractivity contribution is -0.0593. The van der Waals surface area contributed by atoms with Gasteiger partial charge >= 0.3 is 0 Å². The van der Waals surface area contributed by atoms with Gasteiger partial charge in [-0.05, 0) is 97.7 Å². The molecule has 0 unspecified atom stereocenters. The van der Waals surface area contributed by atoms with E-state index in [9.17, 15) is 0 Å². The molecule has 176 valence electrons. The highest BCUT2D eigenvalue weighted by molar-refractivity contribution is 8.21. The van der Waals surface area contributed by atoms with Gasteiger partial charge in [0.05, 0.1) is 4.08 Å². The third kappa shape index (κ3) is 3.90. The van der Waals surface area contributed by atoms with Gasteiger partial charge in [-0.3, -0.25) is 0 Å². The topological polar surface area (TPSA) is 0 Å². The number of hydrogen-bond donors (Lipinski definition) is 0. The Kier molecular flexibility index (Phi) is 6.42. The van der Waals surface area contributed by atoms with E-state index >= 15 is 0 Å². The molecule has 0 radical (unpaired) electrons. The van der Waals surface area contributed by atoms with Crippen molar-refractivity contribution in [2.75, 3.05) is 11.5 Å². The van der Waals surface area contributed by atoms with Gasteiger partial charge in [-0.1, -0.05) is 65.5 Å². The molecule has 4 fully saturated rings. The molecule has 3 saturated carbocycles. The van der Waals surface area contributed by atoms with E-state index in [-0.39, 0.29) is 0 Å². The van der Waals surface area contributed by atoms with Crippen LogP contribution in [0.2, 0.25) is 0 Å². The Bertz CT molecular complexity index is 689. The summed E-state index contributed by atoms with van der Waals surface area (Å²) >= 11 is 4.52. The van der Waals surface area contributed by atoms with Crippen molar-refractivity contribution in [1.29, 1.82) is 0 Å². The molecule has 0 aromatic heterocycles. The molecule has 1 heterocycles. The molecule has 7 atom stereocenters. The van der Waals surface area contributed by atoms with E-state index in [4.69, 9.17) is 0 Å². The van der Waals surface area contributed by atoms with Crippen LogP contribution in [0.5, 0.6) is 0 Å². The van der Waals surface area contributed by atoms with Crippen LogP contribution >= 0.6 is 23.5 Å². The lowest BCUT2D eigenvalue weighted by atomic mass is 9.46. The van der Waals surface area contributed by atoms with Crippen LogP contribution in [0.3, 0.4) is 0 Å². The SMILES string of the molecule is CC(C)CCC[C@@H](C)[C@H]1CC[C@H]2[C@@H]3CCC4=CC5(CC[C@]4(C)[C@H]3CC[C@]12C)SCCS5. The van der Waals surface area contributed by atoms with Gasteiger partial charge in [0.2, 0.25) is 0 Å². The normalized spacial score (nSPS) is 44.6. The molecule has 5 rings (SSSR count). The molecule has 0 bridgehead atoms. The number of fused-ring (bicyclic) bond motifs is 5. The average Bonchev–Trinajstić information content (AvgIpc) is 3.32. The summed E-state index contributed by atoms with van der Waals surface area (Å²) < 4.78 is 0.467.